The lowest BCUT2D eigenvalue weighted by Crippen LogP contribution is -2.19. The summed E-state index contributed by atoms with van der Waals surface area (Å²) in [5.41, 5.74) is 5.17. The van der Waals surface area contributed by atoms with Crippen molar-refractivity contribution in [1.29, 1.82) is 0 Å². The van der Waals surface area contributed by atoms with Crippen molar-refractivity contribution in [2.45, 2.75) is 6.92 Å². The Bertz CT molecular complexity index is 274. The second-order valence-corrected chi connectivity index (χ2v) is 3.57. The van der Waals surface area contributed by atoms with E-state index in [-0.39, 0.29) is 0 Å². The molecule has 14 heavy (non-hydrogen) atoms. The zero-order valence-corrected chi connectivity index (χ0v) is 9.08. The fourth-order valence-corrected chi connectivity index (χ4v) is 1.04. The van der Waals surface area contributed by atoms with Crippen molar-refractivity contribution >= 4 is 5.69 Å². The van der Waals surface area contributed by atoms with E-state index in [1.165, 1.54) is 5.56 Å². The summed E-state index contributed by atoms with van der Waals surface area (Å²) in [4.78, 5) is 7.40. The number of likely N-dealkylation sites (N-methyl/N-ethyl adjacent to an activating group) is 1. The van der Waals surface area contributed by atoms with Gasteiger partial charge in [0, 0.05) is 6.54 Å². The summed E-state index contributed by atoms with van der Waals surface area (Å²) < 4.78 is 0. The molecule has 78 valence electrons. The summed E-state index contributed by atoms with van der Waals surface area (Å²) in [5, 5.41) is 0. The molecule has 0 bridgehead atoms. The van der Waals surface area contributed by atoms with Crippen LogP contribution >= 0.6 is 0 Å². The molecule has 0 saturated heterocycles. The summed E-state index contributed by atoms with van der Waals surface area (Å²) in [6.07, 6.45) is 0. The summed E-state index contributed by atoms with van der Waals surface area (Å²) in [6, 6.07) is 8.06. The summed E-state index contributed by atoms with van der Waals surface area (Å²) in [7, 11) is 4.05. The Morgan fingerprint density at radius 2 is 2.00 bits per heavy atom. The molecule has 0 aromatic heterocycles. The van der Waals surface area contributed by atoms with Crippen molar-refractivity contribution in [1.82, 2.24) is 4.90 Å². The van der Waals surface area contributed by atoms with Gasteiger partial charge < -0.3 is 4.90 Å². The molecule has 0 amide bonds. The first kappa shape index (κ1) is 11.0. The van der Waals surface area contributed by atoms with Crippen molar-refractivity contribution in [2.75, 3.05) is 32.7 Å². The molecule has 1 rings (SSSR count). The molecule has 0 aliphatic rings. The molecule has 0 spiro atoms. The number of hydrogen-bond acceptors (Lipinski definition) is 3. The minimum Gasteiger partial charge on any atom is -0.307 e. The molecule has 0 aliphatic heterocycles. The van der Waals surface area contributed by atoms with Crippen molar-refractivity contribution in [3.63, 3.8) is 0 Å². The predicted octanol–water partition coefficient (Wildman–Crippen LogP) is 1.90. The Balaban J connectivity index is 2.28. The Hall–Kier alpha value is -1.06. The summed E-state index contributed by atoms with van der Waals surface area (Å²) in [6.45, 7) is 3.65. The molecule has 1 aromatic carbocycles. The molecule has 0 saturated carbocycles. The van der Waals surface area contributed by atoms with Crippen LogP contribution in [0.2, 0.25) is 0 Å². The third-order valence-corrected chi connectivity index (χ3v) is 1.97. The molecule has 1 N–H and O–H groups in total. The van der Waals surface area contributed by atoms with Gasteiger partial charge >= 0.3 is 0 Å². The van der Waals surface area contributed by atoms with E-state index in [9.17, 15) is 0 Å². The van der Waals surface area contributed by atoms with Crippen molar-refractivity contribution in [3.8, 4) is 0 Å². The van der Waals surface area contributed by atoms with Crippen LogP contribution < -0.4 is 5.48 Å². The van der Waals surface area contributed by atoms with Gasteiger partial charge in [-0.15, -0.1) is 0 Å². The number of anilines is 1. The second kappa shape index (κ2) is 5.62. The molecule has 3 heteroatoms. The highest BCUT2D eigenvalue weighted by molar-refractivity contribution is 5.48. The lowest BCUT2D eigenvalue weighted by molar-refractivity contribution is 0.168. The second-order valence-electron chi connectivity index (χ2n) is 3.57. The predicted molar refractivity (Wildman–Crippen MR) is 59.3 cm³/mol. The van der Waals surface area contributed by atoms with Gasteiger partial charge in [0.25, 0.3) is 0 Å². The smallest absolute Gasteiger partial charge is 0.0872 e. The van der Waals surface area contributed by atoms with Gasteiger partial charge in [0.15, 0.2) is 0 Å². The highest BCUT2D eigenvalue weighted by Crippen LogP contribution is 2.12. The first-order valence-electron chi connectivity index (χ1n) is 4.78. The van der Waals surface area contributed by atoms with Gasteiger partial charge in [-0.3, -0.25) is 10.3 Å². The van der Waals surface area contributed by atoms with Crippen LogP contribution in [0.1, 0.15) is 5.56 Å². The van der Waals surface area contributed by atoms with Gasteiger partial charge in [0.05, 0.1) is 12.3 Å². The fraction of sp³-hybridized carbons (Fsp3) is 0.455. The number of hydrogen-bond donors (Lipinski definition) is 1. The van der Waals surface area contributed by atoms with Crippen LogP contribution in [0.4, 0.5) is 5.69 Å². The number of nitrogens with one attached hydrogen (secondary N) is 1. The van der Waals surface area contributed by atoms with E-state index in [1.54, 1.807) is 0 Å². The first-order valence-corrected chi connectivity index (χ1v) is 4.78. The van der Waals surface area contributed by atoms with Gasteiger partial charge in [-0.05, 0) is 32.6 Å². The number of rotatable bonds is 5. The van der Waals surface area contributed by atoms with Crippen LogP contribution in [0.25, 0.3) is 0 Å². The number of aryl methyl sites for hydroxylation is 1. The molecule has 0 aliphatic carbocycles. The van der Waals surface area contributed by atoms with Gasteiger partial charge in [-0.1, -0.05) is 18.2 Å². The molecule has 3 nitrogen and oxygen atoms in total. The molecule has 0 fully saturated rings. The molecule has 0 radical (unpaired) electrons. The van der Waals surface area contributed by atoms with E-state index < -0.39 is 0 Å². The first-order chi connectivity index (χ1) is 6.70. The molecule has 0 atom stereocenters. The summed E-state index contributed by atoms with van der Waals surface area (Å²) >= 11 is 0. The maximum absolute atomic E-state index is 5.32. The van der Waals surface area contributed by atoms with E-state index in [1.807, 2.05) is 32.3 Å². The van der Waals surface area contributed by atoms with Crippen molar-refractivity contribution in [3.05, 3.63) is 29.8 Å². The van der Waals surface area contributed by atoms with Crippen LogP contribution in [0.3, 0.4) is 0 Å². The van der Waals surface area contributed by atoms with Crippen molar-refractivity contribution in [2.24, 2.45) is 0 Å². The average molecular weight is 194 g/mol. The van der Waals surface area contributed by atoms with Gasteiger partial charge in [-0.2, -0.15) is 0 Å². The Morgan fingerprint density at radius 1 is 1.29 bits per heavy atom. The monoisotopic (exact) mass is 194 g/mol. The van der Waals surface area contributed by atoms with Crippen LogP contribution in [0, 0.1) is 6.92 Å². The number of nitrogens with zero attached hydrogens (tertiary/aromatic N) is 1. The van der Waals surface area contributed by atoms with Crippen LogP contribution in [-0.2, 0) is 4.84 Å². The van der Waals surface area contributed by atoms with Crippen molar-refractivity contribution < 1.29 is 4.84 Å². The molecule has 0 heterocycles. The van der Waals surface area contributed by atoms with Crippen LogP contribution in [0.5, 0.6) is 0 Å². The third kappa shape index (κ3) is 3.77. The highest BCUT2D eigenvalue weighted by atomic mass is 16.6. The van der Waals surface area contributed by atoms with Gasteiger partial charge in [-0.25, -0.2) is 0 Å². The minimum absolute atomic E-state index is 0.682. The molecular formula is C11H18N2O. The topological polar surface area (TPSA) is 24.5 Å². The maximum Gasteiger partial charge on any atom is 0.0872 e. The molecule has 1 aromatic rings. The van der Waals surface area contributed by atoms with Gasteiger partial charge in [0.1, 0.15) is 0 Å². The lowest BCUT2D eigenvalue weighted by Gasteiger charge is -2.12. The van der Waals surface area contributed by atoms with Crippen LogP contribution in [-0.4, -0.2) is 32.1 Å². The zero-order valence-electron chi connectivity index (χ0n) is 9.08. The minimum atomic E-state index is 0.682. The Kier molecular flexibility index (Phi) is 4.43. The average Bonchev–Trinajstić information content (AvgIpc) is 2.15. The number of para-hydroxylation sites is 1. The van der Waals surface area contributed by atoms with E-state index in [4.69, 9.17) is 4.84 Å². The standard InChI is InChI=1S/C11H18N2O/c1-10-6-4-5-7-11(10)12-14-9-8-13(2)3/h4-7,12H,8-9H2,1-3H3. The fourth-order valence-electron chi connectivity index (χ4n) is 1.04. The van der Waals surface area contributed by atoms with E-state index >= 15 is 0 Å². The summed E-state index contributed by atoms with van der Waals surface area (Å²) in [5.74, 6) is 0. The molecular weight excluding hydrogens is 176 g/mol. The lowest BCUT2D eigenvalue weighted by atomic mass is 10.2. The van der Waals surface area contributed by atoms with E-state index in [0.717, 1.165) is 12.2 Å². The zero-order chi connectivity index (χ0) is 10.4. The SMILES string of the molecule is Cc1ccccc1NOCCN(C)C. The normalized spacial score (nSPS) is 10.6. The Morgan fingerprint density at radius 3 is 2.64 bits per heavy atom. The maximum atomic E-state index is 5.32. The Labute approximate surface area is 85.6 Å². The van der Waals surface area contributed by atoms with E-state index in [0.29, 0.717) is 6.61 Å². The largest absolute Gasteiger partial charge is 0.307 e. The third-order valence-electron chi connectivity index (χ3n) is 1.97. The highest BCUT2D eigenvalue weighted by Gasteiger charge is 1.95. The van der Waals surface area contributed by atoms with E-state index in [2.05, 4.69) is 23.4 Å². The van der Waals surface area contributed by atoms with Gasteiger partial charge in [0.2, 0.25) is 0 Å². The quantitative estimate of drug-likeness (QED) is 0.572. The van der Waals surface area contributed by atoms with Crippen LogP contribution in [0.15, 0.2) is 24.3 Å². The molecule has 0 unspecified atom stereocenters. The number of benzene rings is 1.